The van der Waals surface area contributed by atoms with Gasteiger partial charge in [0.1, 0.15) is 0 Å². The van der Waals surface area contributed by atoms with Crippen molar-refractivity contribution in [1.29, 1.82) is 0 Å². The van der Waals surface area contributed by atoms with E-state index in [9.17, 15) is 31.1 Å². The highest BCUT2D eigenvalue weighted by Crippen LogP contribution is 2.41. The number of hydrogen-bond acceptors (Lipinski definition) is 1. The van der Waals surface area contributed by atoms with Crippen molar-refractivity contribution in [2.75, 3.05) is 0 Å². The summed E-state index contributed by atoms with van der Waals surface area (Å²) in [5, 5.41) is 0. The van der Waals surface area contributed by atoms with Crippen LogP contribution in [0.5, 0.6) is 0 Å². The van der Waals surface area contributed by atoms with Gasteiger partial charge in [0.2, 0.25) is 5.91 Å². The number of primary amides is 1. The quantitative estimate of drug-likeness (QED) is 0.783. The normalized spacial score (nSPS) is 12.6. The highest BCUT2D eigenvalue weighted by atomic mass is 79.9. The smallest absolute Gasteiger partial charge is 0.366 e. The number of halogens is 7. The van der Waals surface area contributed by atoms with Gasteiger partial charge < -0.3 is 5.73 Å². The molecule has 0 bridgehead atoms. The molecule has 9 heteroatoms. The number of amides is 1. The van der Waals surface area contributed by atoms with Gasteiger partial charge in [-0.1, -0.05) is 15.9 Å². The molecule has 1 rings (SSSR count). The molecule has 1 aromatic rings. The van der Waals surface area contributed by atoms with Gasteiger partial charge in [-0.15, -0.1) is 0 Å². The first-order chi connectivity index (χ1) is 7.94. The maximum Gasteiger partial charge on any atom is 0.417 e. The number of carbonyl (C=O) groups is 1. The monoisotopic (exact) mass is 335 g/mol. The second-order valence-corrected chi connectivity index (χ2v) is 4.15. The molecule has 0 heterocycles. The lowest BCUT2D eigenvalue weighted by molar-refractivity contribution is -0.143. The fraction of sp³-hybridized carbons (Fsp3) is 0.222. The highest BCUT2D eigenvalue weighted by molar-refractivity contribution is 9.10. The van der Waals surface area contributed by atoms with Crippen LogP contribution in [0, 0.1) is 0 Å². The van der Waals surface area contributed by atoms with Crippen LogP contribution in [0.3, 0.4) is 0 Å². The zero-order chi connectivity index (χ0) is 14.3. The largest absolute Gasteiger partial charge is 0.417 e. The van der Waals surface area contributed by atoms with Crippen molar-refractivity contribution in [3.8, 4) is 0 Å². The lowest BCUT2D eigenvalue weighted by atomic mass is 9.99. The van der Waals surface area contributed by atoms with Gasteiger partial charge in [0.15, 0.2) is 0 Å². The summed E-state index contributed by atoms with van der Waals surface area (Å²) in [6, 6.07) is 0.741. The first kappa shape index (κ1) is 14.8. The fourth-order valence-corrected chi connectivity index (χ4v) is 1.78. The van der Waals surface area contributed by atoms with Gasteiger partial charge in [-0.2, -0.15) is 26.3 Å². The van der Waals surface area contributed by atoms with E-state index in [0.29, 0.717) is 12.1 Å². The van der Waals surface area contributed by atoms with Crippen LogP contribution < -0.4 is 5.73 Å². The van der Waals surface area contributed by atoms with Crippen LogP contribution in [-0.4, -0.2) is 5.91 Å². The number of carbonyl (C=O) groups excluding carboxylic acids is 1. The SMILES string of the molecule is NC(=O)c1c(C(F)(F)F)cc(Br)cc1C(F)(F)F. The summed E-state index contributed by atoms with van der Waals surface area (Å²) >= 11 is 2.53. The van der Waals surface area contributed by atoms with E-state index >= 15 is 0 Å². The van der Waals surface area contributed by atoms with Gasteiger partial charge in [0.05, 0.1) is 16.7 Å². The van der Waals surface area contributed by atoms with Crippen molar-refractivity contribution in [3.05, 3.63) is 33.3 Å². The molecular formula is C9H4BrF6NO. The number of hydrogen-bond donors (Lipinski definition) is 1. The summed E-state index contributed by atoms with van der Waals surface area (Å²) < 4.78 is 74.9. The third kappa shape index (κ3) is 2.95. The Morgan fingerprint density at radius 2 is 1.33 bits per heavy atom. The van der Waals surface area contributed by atoms with E-state index in [2.05, 4.69) is 21.7 Å². The molecule has 0 saturated heterocycles. The average Bonchev–Trinajstić information content (AvgIpc) is 2.12. The summed E-state index contributed by atoms with van der Waals surface area (Å²) in [6.07, 6.45) is -10.2. The third-order valence-corrected chi connectivity index (χ3v) is 2.42. The Morgan fingerprint density at radius 1 is 1.00 bits per heavy atom. The number of alkyl halides is 6. The predicted molar refractivity (Wildman–Crippen MR) is 52.7 cm³/mol. The molecule has 1 aromatic carbocycles. The Bertz CT molecular complexity index is 458. The van der Waals surface area contributed by atoms with Gasteiger partial charge in [0.25, 0.3) is 0 Å². The number of rotatable bonds is 1. The van der Waals surface area contributed by atoms with Crippen molar-refractivity contribution in [1.82, 2.24) is 0 Å². The molecule has 0 aromatic heterocycles. The minimum absolute atomic E-state index is 0.370. The second kappa shape index (κ2) is 4.45. The average molecular weight is 336 g/mol. The molecule has 0 atom stereocenters. The van der Waals surface area contributed by atoms with E-state index in [4.69, 9.17) is 0 Å². The molecule has 0 aliphatic rings. The van der Waals surface area contributed by atoms with Crippen molar-refractivity contribution in [2.45, 2.75) is 12.4 Å². The molecule has 0 radical (unpaired) electrons. The van der Waals surface area contributed by atoms with E-state index in [0.717, 1.165) is 0 Å². The minimum atomic E-state index is -5.12. The molecule has 0 aliphatic heterocycles. The molecule has 0 aliphatic carbocycles. The molecule has 0 saturated carbocycles. The van der Waals surface area contributed by atoms with Crippen molar-refractivity contribution >= 4 is 21.8 Å². The van der Waals surface area contributed by atoms with E-state index in [-0.39, 0.29) is 0 Å². The molecule has 18 heavy (non-hydrogen) atoms. The molecule has 2 nitrogen and oxygen atoms in total. The van der Waals surface area contributed by atoms with Crippen molar-refractivity contribution < 1.29 is 31.1 Å². The standard InChI is InChI=1S/C9H4BrF6NO/c10-3-1-4(8(11,12)13)6(7(17)18)5(2-3)9(14,15)16/h1-2H,(H2,17,18). The predicted octanol–water partition coefficient (Wildman–Crippen LogP) is 3.59. The zero-order valence-electron chi connectivity index (χ0n) is 8.29. The summed E-state index contributed by atoms with van der Waals surface area (Å²) in [4.78, 5) is 10.9. The number of nitrogens with two attached hydrogens (primary N) is 1. The summed E-state index contributed by atoms with van der Waals surface area (Å²) in [5.74, 6) is -1.79. The number of benzene rings is 1. The first-order valence-corrected chi connectivity index (χ1v) is 5.01. The first-order valence-electron chi connectivity index (χ1n) is 4.22. The second-order valence-electron chi connectivity index (χ2n) is 3.24. The van der Waals surface area contributed by atoms with Crippen LogP contribution >= 0.6 is 15.9 Å². The van der Waals surface area contributed by atoms with Crippen LogP contribution in [0.15, 0.2) is 16.6 Å². The lowest BCUT2D eigenvalue weighted by Gasteiger charge is -2.17. The van der Waals surface area contributed by atoms with E-state index in [1.165, 1.54) is 0 Å². The Kier molecular flexibility index (Phi) is 3.66. The van der Waals surface area contributed by atoms with Crippen molar-refractivity contribution in [3.63, 3.8) is 0 Å². The van der Waals surface area contributed by atoms with Crippen LogP contribution in [0.4, 0.5) is 26.3 Å². The van der Waals surface area contributed by atoms with E-state index in [1.807, 2.05) is 0 Å². The van der Waals surface area contributed by atoms with Gasteiger partial charge in [-0.3, -0.25) is 4.79 Å². The topological polar surface area (TPSA) is 43.1 Å². The van der Waals surface area contributed by atoms with Gasteiger partial charge in [0, 0.05) is 4.47 Å². The van der Waals surface area contributed by atoms with Crippen LogP contribution in [0.2, 0.25) is 0 Å². The zero-order valence-corrected chi connectivity index (χ0v) is 9.87. The fourth-order valence-electron chi connectivity index (χ4n) is 1.32. The summed E-state index contributed by atoms with van der Waals surface area (Å²) in [7, 11) is 0. The van der Waals surface area contributed by atoms with Gasteiger partial charge >= 0.3 is 12.4 Å². The van der Waals surface area contributed by atoms with Crippen LogP contribution in [0.25, 0.3) is 0 Å². The summed E-state index contributed by atoms with van der Waals surface area (Å²) in [6.45, 7) is 0. The lowest BCUT2D eigenvalue weighted by Crippen LogP contribution is -2.24. The molecule has 0 unspecified atom stereocenters. The maximum absolute atomic E-state index is 12.6. The Morgan fingerprint density at radius 3 is 1.56 bits per heavy atom. The van der Waals surface area contributed by atoms with Crippen molar-refractivity contribution in [2.24, 2.45) is 5.73 Å². The van der Waals surface area contributed by atoms with Crippen LogP contribution in [-0.2, 0) is 12.4 Å². The van der Waals surface area contributed by atoms with Gasteiger partial charge in [-0.05, 0) is 12.1 Å². The van der Waals surface area contributed by atoms with E-state index in [1.54, 1.807) is 0 Å². The Labute approximate surface area is 105 Å². The van der Waals surface area contributed by atoms with E-state index < -0.39 is 39.4 Å². The Balaban J connectivity index is 3.74. The molecule has 0 spiro atoms. The molecule has 0 fully saturated rings. The highest BCUT2D eigenvalue weighted by Gasteiger charge is 2.42. The molecule has 100 valence electrons. The Hall–Kier alpha value is -1.25. The molecular weight excluding hydrogens is 332 g/mol. The molecule has 2 N–H and O–H groups in total. The minimum Gasteiger partial charge on any atom is -0.366 e. The maximum atomic E-state index is 12.6. The third-order valence-electron chi connectivity index (χ3n) is 1.96. The van der Waals surface area contributed by atoms with Crippen LogP contribution in [0.1, 0.15) is 21.5 Å². The van der Waals surface area contributed by atoms with Gasteiger partial charge in [-0.25, -0.2) is 0 Å². The summed E-state index contributed by atoms with van der Waals surface area (Å²) in [5.41, 5.74) is -0.431. The molecule has 1 amide bonds.